The van der Waals surface area contributed by atoms with Crippen molar-refractivity contribution in [1.29, 1.82) is 0 Å². The van der Waals surface area contributed by atoms with Crippen molar-refractivity contribution in [2.24, 2.45) is 5.92 Å². The quantitative estimate of drug-likeness (QED) is 0.894. The van der Waals surface area contributed by atoms with Crippen molar-refractivity contribution < 1.29 is 19.1 Å². The molecule has 1 fully saturated rings. The second kappa shape index (κ2) is 6.15. The Labute approximate surface area is 125 Å². The SMILES string of the molecule is CCN(Cc1ncc(C(C)(C)C)o1)C1COCC1C(=O)O. The molecule has 0 amide bonds. The summed E-state index contributed by atoms with van der Waals surface area (Å²) >= 11 is 0. The monoisotopic (exact) mass is 296 g/mol. The van der Waals surface area contributed by atoms with Crippen LogP contribution in [0, 0.1) is 5.92 Å². The van der Waals surface area contributed by atoms with Gasteiger partial charge >= 0.3 is 5.97 Å². The predicted molar refractivity (Wildman–Crippen MR) is 77.0 cm³/mol. The maximum Gasteiger partial charge on any atom is 0.310 e. The first-order valence-corrected chi connectivity index (χ1v) is 7.32. The fourth-order valence-electron chi connectivity index (χ4n) is 2.51. The number of hydrogen-bond donors (Lipinski definition) is 1. The van der Waals surface area contributed by atoms with E-state index in [2.05, 4.69) is 30.7 Å². The molecule has 0 bridgehead atoms. The summed E-state index contributed by atoms with van der Waals surface area (Å²) in [7, 11) is 0. The first-order valence-electron chi connectivity index (χ1n) is 7.32. The molecule has 21 heavy (non-hydrogen) atoms. The van der Waals surface area contributed by atoms with Crippen LogP contribution in [0.4, 0.5) is 0 Å². The van der Waals surface area contributed by atoms with Crippen LogP contribution in [0.3, 0.4) is 0 Å². The predicted octanol–water partition coefficient (Wildman–Crippen LogP) is 1.89. The number of ether oxygens (including phenoxy) is 1. The summed E-state index contributed by atoms with van der Waals surface area (Å²) in [6.07, 6.45) is 1.75. The van der Waals surface area contributed by atoms with Gasteiger partial charge in [-0.25, -0.2) is 4.98 Å². The maximum atomic E-state index is 11.3. The highest BCUT2D eigenvalue weighted by molar-refractivity contribution is 5.71. The zero-order chi connectivity index (χ0) is 15.6. The fourth-order valence-corrected chi connectivity index (χ4v) is 2.51. The Hall–Kier alpha value is -1.40. The first-order chi connectivity index (χ1) is 9.82. The molecule has 1 aliphatic rings. The molecule has 6 heteroatoms. The topological polar surface area (TPSA) is 75.8 Å². The largest absolute Gasteiger partial charge is 0.481 e. The number of carboxylic acid groups (broad SMARTS) is 1. The normalized spacial score (nSPS) is 22.9. The number of nitrogens with zero attached hydrogens (tertiary/aromatic N) is 2. The Morgan fingerprint density at radius 2 is 2.19 bits per heavy atom. The molecule has 2 atom stereocenters. The summed E-state index contributed by atoms with van der Waals surface area (Å²) in [5.41, 5.74) is -0.0810. The molecule has 0 spiro atoms. The molecule has 1 saturated heterocycles. The van der Waals surface area contributed by atoms with E-state index in [-0.39, 0.29) is 18.1 Å². The molecule has 1 aromatic heterocycles. The first kappa shape index (κ1) is 16.0. The molecule has 1 aromatic rings. The highest BCUT2D eigenvalue weighted by Gasteiger charge is 2.38. The van der Waals surface area contributed by atoms with Crippen LogP contribution in [-0.4, -0.2) is 46.8 Å². The van der Waals surface area contributed by atoms with Crippen molar-refractivity contribution in [1.82, 2.24) is 9.88 Å². The number of likely N-dealkylation sites (N-methyl/N-ethyl adjacent to an activating group) is 1. The highest BCUT2D eigenvalue weighted by atomic mass is 16.5. The minimum atomic E-state index is -0.807. The zero-order valence-corrected chi connectivity index (χ0v) is 13.1. The van der Waals surface area contributed by atoms with Crippen molar-refractivity contribution in [3.8, 4) is 0 Å². The van der Waals surface area contributed by atoms with Gasteiger partial charge in [0.15, 0.2) is 0 Å². The molecule has 1 aliphatic heterocycles. The lowest BCUT2D eigenvalue weighted by atomic mass is 9.94. The van der Waals surface area contributed by atoms with Gasteiger partial charge in [-0.15, -0.1) is 0 Å². The molecule has 0 radical (unpaired) electrons. The van der Waals surface area contributed by atoms with Crippen LogP contribution in [-0.2, 0) is 21.5 Å². The summed E-state index contributed by atoms with van der Waals surface area (Å²) in [4.78, 5) is 17.6. The van der Waals surface area contributed by atoms with E-state index in [0.29, 0.717) is 19.0 Å². The number of carbonyl (C=O) groups is 1. The van der Waals surface area contributed by atoms with Crippen molar-refractivity contribution in [2.45, 2.75) is 45.7 Å². The van der Waals surface area contributed by atoms with Gasteiger partial charge in [-0.3, -0.25) is 9.69 Å². The van der Waals surface area contributed by atoms with Gasteiger partial charge in [0.1, 0.15) is 5.76 Å². The molecular formula is C15H24N2O4. The summed E-state index contributed by atoms with van der Waals surface area (Å²) in [6.45, 7) is 10.2. The second-order valence-electron chi connectivity index (χ2n) is 6.48. The van der Waals surface area contributed by atoms with Gasteiger partial charge in [0.05, 0.1) is 31.9 Å². The summed E-state index contributed by atoms with van der Waals surface area (Å²) in [6, 6.07) is -0.127. The molecule has 2 heterocycles. The average Bonchev–Trinajstić information content (AvgIpc) is 3.03. The van der Waals surface area contributed by atoms with Gasteiger partial charge in [0.2, 0.25) is 5.89 Å². The third-order valence-electron chi connectivity index (χ3n) is 3.87. The zero-order valence-electron chi connectivity index (χ0n) is 13.1. The van der Waals surface area contributed by atoms with Gasteiger partial charge < -0.3 is 14.3 Å². The van der Waals surface area contributed by atoms with Crippen LogP contribution in [0.25, 0.3) is 0 Å². The van der Waals surface area contributed by atoms with Gasteiger partial charge in [-0.05, 0) is 6.54 Å². The molecule has 0 aliphatic carbocycles. The standard InChI is InChI=1S/C15H24N2O4/c1-5-17(11-9-20-8-10(11)14(18)19)7-13-16-6-12(21-13)15(2,3)4/h6,10-11H,5,7-9H2,1-4H3,(H,18,19). The van der Waals surface area contributed by atoms with E-state index in [4.69, 9.17) is 9.15 Å². The van der Waals surface area contributed by atoms with Crippen LogP contribution < -0.4 is 0 Å². The van der Waals surface area contributed by atoms with E-state index in [1.165, 1.54) is 0 Å². The Kier molecular flexibility index (Phi) is 4.68. The second-order valence-corrected chi connectivity index (χ2v) is 6.48. The van der Waals surface area contributed by atoms with Crippen LogP contribution in [0.5, 0.6) is 0 Å². The molecule has 2 rings (SSSR count). The smallest absolute Gasteiger partial charge is 0.310 e. The molecule has 0 saturated carbocycles. The molecular weight excluding hydrogens is 272 g/mol. The van der Waals surface area contributed by atoms with E-state index in [0.717, 1.165) is 12.3 Å². The van der Waals surface area contributed by atoms with Gasteiger partial charge in [0, 0.05) is 11.5 Å². The summed E-state index contributed by atoms with van der Waals surface area (Å²) in [5, 5.41) is 9.26. The van der Waals surface area contributed by atoms with Crippen molar-refractivity contribution in [3.63, 3.8) is 0 Å². The fraction of sp³-hybridized carbons (Fsp3) is 0.733. The van der Waals surface area contributed by atoms with Crippen LogP contribution >= 0.6 is 0 Å². The van der Waals surface area contributed by atoms with E-state index >= 15 is 0 Å². The van der Waals surface area contributed by atoms with E-state index in [9.17, 15) is 9.90 Å². The highest BCUT2D eigenvalue weighted by Crippen LogP contribution is 2.25. The Balaban J connectivity index is 2.09. The average molecular weight is 296 g/mol. The Morgan fingerprint density at radius 1 is 1.48 bits per heavy atom. The molecule has 2 unspecified atom stereocenters. The van der Waals surface area contributed by atoms with Gasteiger partial charge in [-0.1, -0.05) is 27.7 Å². The lowest BCUT2D eigenvalue weighted by Crippen LogP contribution is -2.42. The molecule has 0 aromatic carbocycles. The Morgan fingerprint density at radius 3 is 2.71 bits per heavy atom. The van der Waals surface area contributed by atoms with Crippen LogP contribution in [0.15, 0.2) is 10.6 Å². The maximum absolute atomic E-state index is 11.3. The summed E-state index contributed by atoms with van der Waals surface area (Å²) in [5.74, 6) is 0.171. The Bertz CT molecular complexity index is 492. The van der Waals surface area contributed by atoms with Crippen molar-refractivity contribution in [3.05, 3.63) is 17.8 Å². The lowest BCUT2D eigenvalue weighted by Gasteiger charge is -2.27. The number of carboxylic acids is 1. The minimum Gasteiger partial charge on any atom is -0.481 e. The van der Waals surface area contributed by atoms with Crippen LogP contribution in [0.1, 0.15) is 39.3 Å². The van der Waals surface area contributed by atoms with Crippen LogP contribution in [0.2, 0.25) is 0 Å². The third kappa shape index (κ3) is 3.63. The number of aliphatic carboxylic acids is 1. The molecule has 1 N–H and O–H groups in total. The van der Waals surface area contributed by atoms with Crippen molar-refractivity contribution in [2.75, 3.05) is 19.8 Å². The van der Waals surface area contributed by atoms with E-state index in [1.54, 1.807) is 6.20 Å². The van der Waals surface area contributed by atoms with Crippen molar-refractivity contribution >= 4 is 5.97 Å². The number of hydrogen-bond acceptors (Lipinski definition) is 5. The van der Waals surface area contributed by atoms with Gasteiger partial charge in [0.25, 0.3) is 0 Å². The number of aromatic nitrogens is 1. The minimum absolute atomic E-state index is 0.0810. The molecule has 6 nitrogen and oxygen atoms in total. The number of oxazole rings is 1. The van der Waals surface area contributed by atoms with E-state index in [1.807, 2.05) is 6.92 Å². The lowest BCUT2D eigenvalue weighted by molar-refractivity contribution is -0.143. The van der Waals surface area contributed by atoms with Gasteiger partial charge in [-0.2, -0.15) is 0 Å². The summed E-state index contributed by atoms with van der Waals surface area (Å²) < 4.78 is 11.1. The number of rotatable bonds is 5. The third-order valence-corrected chi connectivity index (χ3v) is 3.87. The molecule has 118 valence electrons. The van der Waals surface area contributed by atoms with E-state index < -0.39 is 11.9 Å².